The topological polar surface area (TPSA) is 50.8 Å². The van der Waals surface area contributed by atoms with E-state index in [9.17, 15) is 4.79 Å². The van der Waals surface area contributed by atoms with Crippen molar-refractivity contribution in [3.63, 3.8) is 0 Å². The van der Waals surface area contributed by atoms with Crippen molar-refractivity contribution >= 4 is 5.97 Å². The van der Waals surface area contributed by atoms with Gasteiger partial charge in [-0.3, -0.25) is 9.69 Å². The molecule has 0 aromatic heterocycles. The van der Waals surface area contributed by atoms with Crippen LogP contribution >= 0.6 is 0 Å². The number of carbonyl (C=O) groups is 1. The third-order valence-corrected chi connectivity index (χ3v) is 3.13. The summed E-state index contributed by atoms with van der Waals surface area (Å²) >= 11 is 0. The summed E-state index contributed by atoms with van der Waals surface area (Å²) < 4.78 is 10.3. The van der Waals surface area contributed by atoms with Crippen molar-refractivity contribution in [1.29, 1.82) is 0 Å². The van der Waals surface area contributed by atoms with Crippen LogP contribution < -0.4 is 5.32 Å². The molecule has 5 nitrogen and oxygen atoms in total. The summed E-state index contributed by atoms with van der Waals surface area (Å²) in [4.78, 5) is 14.4. The standard InChI is InChI=1S/C14H30N2O3/c1-7-15-14(5,13(17)19-8-2)11-16(12(3)4)9-10-18-6/h12,15H,7-11H2,1-6H3. The minimum Gasteiger partial charge on any atom is -0.465 e. The van der Waals surface area contributed by atoms with Gasteiger partial charge in [0.2, 0.25) is 0 Å². The van der Waals surface area contributed by atoms with Crippen molar-refractivity contribution in [3.8, 4) is 0 Å². The highest BCUT2D eigenvalue weighted by Crippen LogP contribution is 2.12. The number of hydrogen-bond donors (Lipinski definition) is 1. The van der Waals surface area contributed by atoms with Crippen LogP contribution in [0.1, 0.15) is 34.6 Å². The Kier molecular flexibility index (Phi) is 8.97. The van der Waals surface area contributed by atoms with Gasteiger partial charge in [-0.05, 0) is 34.2 Å². The van der Waals surface area contributed by atoms with E-state index in [1.807, 2.05) is 20.8 Å². The second-order valence-corrected chi connectivity index (χ2v) is 5.14. The van der Waals surface area contributed by atoms with E-state index in [4.69, 9.17) is 9.47 Å². The molecule has 0 spiro atoms. The van der Waals surface area contributed by atoms with E-state index >= 15 is 0 Å². The maximum Gasteiger partial charge on any atom is 0.327 e. The normalized spacial score (nSPS) is 14.7. The van der Waals surface area contributed by atoms with Crippen LogP contribution in [0.25, 0.3) is 0 Å². The summed E-state index contributed by atoms with van der Waals surface area (Å²) in [6.07, 6.45) is 0. The molecule has 0 heterocycles. The first-order valence-electron chi connectivity index (χ1n) is 7.06. The Morgan fingerprint density at radius 3 is 2.42 bits per heavy atom. The molecule has 1 N–H and O–H groups in total. The van der Waals surface area contributed by atoms with Crippen molar-refractivity contribution in [2.75, 3.05) is 40.0 Å². The van der Waals surface area contributed by atoms with Crippen LogP contribution in [0.5, 0.6) is 0 Å². The van der Waals surface area contributed by atoms with E-state index in [0.717, 1.165) is 13.1 Å². The Labute approximate surface area is 117 Å². The van der Waals surface area contributed by atoms with Gasteiger partial charge >= 0.3 is 5.97 Å². The number of hydrogen-bond acceptors (Lipinski definition) is 5. The largest absolute Gasteiger partial charge is 0.465 e. The molecular formula is C14H30N2O3. The van der Waals surface area contributed by atoms with E-state index in [1.54, 1.807) is 7.11 Å². The summed E-state index contributed by atoms with van der Waals surface area (Å²) in [5, 5.41) is 3.25. The molecular weight excluding hydrogens is 244 g/mol. The number of rotatable bonds is 10. The minimum absolute atomic E-state index is 0.195. The van der Waals surface area contributed by atoms with Crippen molar-refractivity contribution in [1.82, 2.24) is 10.2 Å². The van der Waals surface area contributed by atoms with Gasteiger partial charge in [-0.1, -0.05) is 6.92 Å². The fourth-order valence-corrected chi connectivity index (χ4v) is 2.01. The molecule has 0 rings (SSSR count). The SMILES string of the molecule is CCNC(C)(CN(CCOC)C(C)C)C(=O)OCC. The van der Waals surface area contributed by atoms with Gasteiger partial charge in [-0.15, -0.1) is 0 Å². The lowest BCUT2D eigenvalue weighted by Gasteiger charge is -2.36. The molecule has 5 heteroatoms. The van der Waals surface area contributed by atoms with Gasteiger partial charge in [0.25, 0.3) is 0 Å². The molecule has 0 fully saturated rings. The van der Waals surface area contributed by atoms with E-state index in [2.05, 4.69) is 24.1 Å². The molecule has 0 saturated heterocycles. The molecule has 1 unspecified atom stereocenters. The quantitative estimate of drug-likeness (QED) is 0.608. The van der Waals surface area contributed by atoms with Crippen molar-refractivity contribution in [2.45, 2.75) is 46.2 Å². The van der Waals surface area contributed by atoms with E-state index in [-0.39, 0.29) is 5.97 Å². The van der Waals surface area contributed by atoms with Gasteiger partial charge in [-0.2, -0.15) is 0 Å². The Bertz CT molecular complexity index is 259. The summed E-state index contributed by atoms with van der Waals surface area (Å²) in [5.74, 6) is -0.195. The number of esters is 1. The van der Waals surface area contributed by atoms with Crippen LogP contribution in [-0.2, 0) is 14.3 Å². The first kappa shape index (κ1) is 18.4. The molecule has 114 valence electrons. The molecule has 0 amide bonds. The molecule has 1 atom stereocenters. The number of nitrogens with one attached hydrogen (secondary N) is 1. The molecule has 0 saturated carbocycles. The predicted molar refractivity (Wildman–Crippen MR) is 77.3 cm³/mol. The summed E-state index contributed by atoms with van der Waals surface area (Å²) in [5.41, 5.74) is -0.678. The van der Waals surface area contributed by atoms with Crippen LogP contribution in [0.3, 0.4) is 0 Å². The molecule has 0 aliphatic carbocycles. The van der Waals surface area contributed by atoms with Crippen LogP contribution in [0.15, 0.2) is 0 Å². The first-order valence-corrected chi connectivity index (χ1v) is 7.06. The fraction of sp³-hybridized carbons (Fsp3) is 0.929. The average molecular weight is 274 g/mol. The Morgan fingerprint density at radius 1 is 1.37 bits per heavy atom. The molecule has 0 aromatic rings. The summed E-state index contributed by atoms with van der Waals surface area (Å²) in [6.45, 7) is 13.2. The van der Waals surface area contributed by atoms with Crippen LogP contribution in [0.4, 0.5) is 0 Å². The Hall–Kier alpha value is -0.650. The summed E-state index contributed by atoms with van der Waals surface area (Å²) in [6, 6.07) is 0.350. The summed E-state index contributed by atoms with van der Waals surface area (Å²) in [7, 11) is 1.69. The predicted octanol–water partition coefficient (Wildman–Crippen LogP) is 1.27. The lowest BCUT2D eigenvalue weighted by molar-refractivity contribution is -0.151. The third-order valence-electron chi connectivity index (χ3n) is 3.13. The molecule has 19 heavy (non-hydrogen) atoms. The van der Waals surface area contributed by atoms with E-state index in [0.29, 0.717) is 25.8 Å². The monoisotopic (exact) mass is 274 g/mol. The maximum absolute atomic E-state index is 12.1. The van der Waals surface area contributed by atoms with Gasteiger partial charge in [0.1, 0.15) is 5.54 Å². The number of likely N-dealkylation sites (N-methyl/N-ethyl adjacent to an activating group) is 1. The average Bonchev–Trinajstić information content (AvgIpc) is 2.34. The fourth-order valence-electron chi connectivity index (χ4n) is 2.01. The highest BCUT2D eigenvalue weighted by atomic mass is 16.5. The van der Waals surface area contributed by atoms with Crippen molar-refractivity contribution in [2.24, 2.45) is 0 Å². The molecule has 0 bridgehead atoms. The number of nitrogens with zero attached hydrogens (tertiary/aromatic N) is 1. The zero-order chi connectivity index (χ0) is 14.9. The van der Waals surface area contributed by atoms with E-state index in [1.165, 1.54) is 0 Å². The lowest BCUT2D eigenvalue weighted by atomic mass is 10.0. The van der Waals surface area contributed by atoms with Gasteiger partial charge in [0, 0.05) is 26.2 Å². The van der Waals surface area contributed by atoms with Gasteiger partial charge in [0.15, 0.2) is 0 Å². The molecule has 0 radical (unpaired) electrons. The second kappa shape index (κ2) is 9.28. The first-order chi connectivity index (χ1) is 8.91. The zero-order valence-electron chi connectivity index (χ0n) is 13.3. The molecule has 0 aromatic carbocycles. The van der Waals surface area contributed by atoms with E-state index < -0.39 is 5.54 Å². The smallest absolute Gasteiger partial charge is 0.327 e. The number of methoxy groups -OCH3 is 1. The van der Waals surface area contributed by atoms with Gasteiger partial charge in [-0.25, -0.2) is 0 Å². The number of carbonyl (C=O) groups excluding carboxylic acids is 1. The maximum atomic E-state index is 12.1. The molecule has 0 aliphatic heterocycles. The Morgan fingerprint density at radius 2 is 2.00 bits per heavy atom. The highest BCUT2D eigenvalue weighted by molar-refractivity contribution is 5.80. The minimum atomic E-state index is -0.678. The molecule has 0 aliphatic rings. The third kappa shape index (κ3) is 6.36. The Balaban J connectivity index is 4.79. The van der Waals surface area contributed by atoms with Gasteiger partial charge < -0.3 is 14.8 Å². The van der Waals surface area contributed by atoms with Crippen LogP contribution in [-0.4, -0.2) is 62.4 Å². The highest BCUT2D eigenvalue weighted by Gasteiger charge is 2.36. The van der Waals surface area contributed by atoms with Crippen molar-refractivity contribution < 1.29 is 14.3 Å². The van der Waals surface area contributed by atoms with Gasteiger partial charge in [0.05, 0.1) is 13.2 Å². The number of ether oxygens (including phenoxy) is 2. The zero-order valence-corrected chi connectivity index (χ0v) is 13.3. The van der Waals surface area contributed by atoms with Crippen LogP contribution in [0, 0.1) is 0 Å². The lowest BCUT2D eigenvalue weighted by Crippen LogP contribution is -2.59. The van der Waals surface area contributed by atoms with Crippen molar-refractivity contribution in [3.05, 3.63) is 0 Å². The van der Waals surface area contributed by atoms with Crippen LogP contribution in [0.2, 0.25) is 0 Å². The second-order valence-electron chi connectivity index (χ2n) is 5.14.